The van der Waals surface area contributed by atoms with Crippen LogP contribution in [0, 0.1) is 0 Å². The molecule has 0 N–H and O–H groups in total. The van der Waals surface area contributed by atoms with Gasteiger partial charge in [-0.25, -0.2) is 0 Å². The average molecular weight is 154 g/mol. The molecule has 0 spiro atoms. The Hall–Kier alpha value is -0.520. The summed E-state index contributed by atoms with van der Waals surface area (Å²) in [6, 6.07) is 0. The monoisotopic (exact) mass is 154 g/mol. The van der Waals surface area contributed by atoms with Gasteiger partial charge in [-0.1, -0.05) is 45.4 Å². The highest BCUT2D eigenvalue weighted by Gasteiger charge is 1.68. The van der Waals surface area contributed by atoms with Crippen molar-refractivity contribution in [1.82, 2.24) is 0 Å². The summed E-state index contributed by atoms with van der Waals surface area (Å²) >= 11 is 0. The van der Waals surface area contributed by atoms with Crippen molar-refractivity contribution in [1.29, 1.82) is 0 Å². The zero-order valence-electron chi connectivity index (χ0n) is 8.27. The molecule has 0 radical (unpaired) electrons. The van der Waals surface area contributed by atoms with Crippen LogP contribution in [0.4, 0.5) is 0 Å². The van der Waals surface area contributed by atoms with Crippen LogP contribution in [0.2, 0.25) is 0 Å². The molecule has 0 amide bonds. The number of hydrogen-bond donors (Lipinski definition) is 0. The maximum atomic E-state index is 3.48. The number of hydrogen-bond acceptors (Lipinski definition) is 0. The first-order valence-corrected chi connectivity index (χ1v) is 4.59. The summed E-state index contributed by atoms with van der Waals surface area (Å²) in [6.45, 7) is 9.90. The lowest BCUT2D eigenvalue weighted by Gasteiger charge is -1.79. The Kier molecular flexibility index (Phi) is 19.3. The first-order valence-electron chi connectivity index (χ1n) is 4.59. The third-order valence-electron chi connectivity index (χ3n) is 1.15. The Bertz CT molecular complexity index is 80.0. The quantitative estimate of drug-likeness (QED) is 0.528. The van der Waals surface area contributed by atoms with Gasteiger partial charge < -0.3 is 0 Å². The molecule has 0 heteroatoms. The SMILES string of the molecule is C=CCC.CCC=CCCC. The van der Waals surface area contributed by atoms with Crippen LogP contribution < -0.4 is 0 Å². The van der Waals surface area contributed by atoms with E-state index in [1.54, 1.807) is 0 Å². The van der Waals surface area contributed by atoms with Crippen LogP contribution >= 0.6 is 0 Å². The van der Waals surface area contributed by atoms with E-state index in [2.05, 4.69) is 39.5 Å². The minimum atomic E-state index is 1.08. The van der Waals surface area contributed by atoms with Crippen molar-refractivity contribution in [3.63, 3.8) is 0 Å². The fourth-order valence-electron chi connectivity index (χ4n) is 0.451. The van der Waals surface area contributed by atoms with Gasteiger partial charge >= 0.3 is 0 Å². The lowest BCUT2D eigenvalue weighted by atomic mass is 10.3. The van der Waals surface area contributed by atoms with Crippen molar-refractivity contribution in [2.75, 3.05) is 0 Å². The van der Waals surface area contributed by atoms with Crippen LogP contribution in [0.5, 0.6) is 0 Å². The zero-order valence-corrected chi connectivity index (χ0v) is 8.27. The van der Waals surface area contributed by atoms with Gasteiger partial charge in [-0.3, -0.25) is 0 Å². The Morgan fingerprint density at radius 1 is 1.00 bits per heavy atom. The molecule has 0 aromatic carbocycles. The van der Waals surface area contributed by atoms with Gasteiger partial charge in [-0.2, -0.15) is 0 Å². The van der Waals surface area contributed by atoms with Crippen molar-refractivity contribution >= 4 is 0 Å². The van der Waals surface area contributed by atoms with Crippen LogP contribution in [0.15, 0.2) is 24.8 Å². The van der Waals surface area contributed by atoms with E-state index in [9.17, 15) is 0 Å². The highest BCUT2D eigenvalue weighted by Crippen LogP contribution is 1.88. The average Bonchev–Trinajstić information content (AvgIpc) is 2.06. The molecule has 0 aromatic rings. The molecule has 0 unspecified atom stereocenters. The molecular formula is C11H22. The number of rotatable bonds is 4. The minimum absolute atomic E-state index is 1.08. The Labute approximate surface area is 72.0 Å². The Balaban J connectivity index is 0. The summed E-state index contributed by atoms with van der Waals surface area (Å²) in [5.41, 5.74) is 0. The van der Waals surface area contributed by atoms with Crippen LogP contribution in [-0.2, 0) is 0 Å². The van der Waals surface area contributed by atoms with Crippen molar-refractivity contribution < 1.29 is 0 Å². The van der Waals surface area contributed by atoms with Gasteiger partial charge in [0.2, 0.25) is 0 Å². The summed E-state index contributed by atoms with van der Waals surface area (Å²) in [7, 11) is 0. The molecular weight excluding hydrogens is 132 g/mol. The third-order valence-corrected chi connectivity index (χ3v) is 1.15. The summed E-state index contributed by atoms with van der Waals surface area (Å²) in [4.78, 5) is 0. The maximum absolute atomic E-state index is 3.48. The van der Waals surface area contributed by atoms with Crippen LogP contribution in [0.1, 0.15) is 46.5 Å². The Morgan fingerprint density at radius 3 is 1.82 bits per heavy atom. The van der Waals surface area contributed by atoms with Crippen molar-refractivity contribution in [2.24, 2.45) is 0 Å². The second-order valence-electron chi connectivity index (χ2n) is 2.37. The summed E-state index contributed by atoms with van der Waals surface area (Å²) in [5, 5.41) is 0. The van der Waals surface area contributed by atoms with E-state index in [1.165, 1.54) is 19.3 Å². The lowest BCUT2D eigenvalue weighted by molar-refractivity contribution is 0.952. The zero-order chi connectivity index (χ0) is 8.95. The first-order chi connectivity index (χ1) is 5.33. The molecule has 0 aliphatic rings. The predicted molar refractivity (Wildman–Crippen MR) is 54.8 cm³/mol. The van der Waals surface area contributed by atoms with E-state index >= 15 is 0 Å². The molecule has 0 saturated heterocycles. The molecule has 11 heavy (non-hydrogen) atoms. The fourth-order valence-corrected chi connectivity index (χ4v) is 0.451. The highest BCUT2D eigenvalue weighted by molar-refractivity contribution is 4.78. The molecule has 0 nitrogen and oxygen atoms in total. The number of allylic oxidation sites excluding steroid dienone is 3. The smallest absolute Gasteiger partial charge is 0.0353 e. The highest BCUT2D eigenvalue weighted by atomic mass is 13.7. The molecule has 66 valence electrons. The van der Waals surface area contributed by atoms with E-state index < -0.39 is 0 Å². The summed E-state index contributed by atoms with van der Waals surface area (Å²) in [5.74, 6) is 0. The largest absolute Gasteiger partial charge is 0.103 e. The molecule has 0 fully saturated rings. The van der Waals surface area contributed by atoms with Gasteiger partial charge in [0.1, 0.15) is 0 Å². The molecule has 0 aliphatic carbocycles. The summed E-state index contributed by atoms with van der Waals surface area (Å²) < 4.78 is 0. The molecule has 0 aliphatic heterocycles. The minimum Gasteiger partial charge on any atom is -0.103 e. The summed E-state index contributed by atoms with van der Waals surface area (Å²) in [6.07, 6.45) is 11.1. The first kappa shape index (κ1) is 13.1. The van der Waals surface area contributed by atoms with Gasteiger partial charge in [0.25, 0.3) is 0 Å². The van der Waals surface area contributed by atoms with Gasteiger partial charge in [0.15, 0.2) is 0 Å². The maximum Gasteiger partial charge on any atom is -0.0353 e. The van der Waals surface area contributed by atoms with Crippen molar-refractivity contribution in [2.45, 2.75) is 46.5 Å². The molecule has 0 rings (SSSR count). The van der Waals surface area contributed by atoms with E-state index in [4.69, 9.17) is 0 Å². The standard InChI is InChI=1S/C7H14.C4H8/c1-3-5-7-6-4-2;1-3-4-2/h5,7H,3-4,6H2,1-2H3;3H,1,4H2,2H3. The van der Waals surface area contributed by atoms with Gasteiger partial charge in [-0.05, 0) is 19.3 Å². The van der Waals surface area contributed by atoms with Gasteiger partial charge in [0.05, 0.1) is 0 Å². The fraction of sp³-hybridized carbons (Fsp3) is 0.636. The molecule has 0 bridgehead atoms. The van der Waals surface area contributed by atoms with Crippen molar-refractivity contribution in [3.8, 4) is 0 Å². The molecule has 0 atom stereocenters. The van der Waals surface area contributed by atoms with Gasteiger partial charge in [0, 0.05) is 0 Å². The molecule has 0 heterocycles. The topological polar surface area (TPSA) is 0 Å². The van der Waals surface area contributed by atoms with E-state index in [-0.39, 0.29) is 0 Å². The molecule has 0 aromatic heterocycles. The Morgan fingerprint density at radius 2 is 1.55 bits per heavy atom. The second-order valence-corrected chi connectivity index (χ2v) is 2.37. The van der Waals surface area contributed by atoms with Crippen molar-refractivity contribution in [3.05, 3.63) is 24.8 Å². The second kappa shape index (κ2) is 16.2. The normalized spacial score (nSPS) is 9.00. The predicted octanol–water partition coefficient (Wildman–Crippen LogP) is 4.34. The van der Waals surface area contributed by atoms with E-state index in [0.29, 0.717) is 0 Å². The van der Waals surface area contributed by atoms with E-state index in [1.807, 2.05) is 6.08 Å². The van der Waals surface area contributed by atoms with Crippen LogP contribution in [0.25, 0.3) is 0 Å². The van der Waals surface area contributed by atoms with Crippen LogP contribution in [-0.4, -0.2) is 0 Å². The van der Waals surface area contributed by atoms with Crippen LogP contribution in [0.3, 0.4) is 0 Å². The van der Waals surface area contributed by atoms with E-state index in [0.717, 1.165) is 6.42 Å². The molecule has 0 saturated carbocycles. The van der Waals surface area contributed by atoms with Gasteiger partial charge in [-0.15, -0.1) is 6.58 Å². The third kappa shape index (κ3) is 26.4. The number of unbranched alkanes of at least 4 members (excludes halogenated alkanes) is 1. The lowest BCUT2D eigenvalue weighted by Crippen LogP contribution is -1.58.